The van der Waals surface area contributed by atoms with Gasteiger partial charge in [-0.1, -0.05) is 12.1 Å². The zero-order valence-corrected chi connectivity index (χ0v) is 13.2. The fraction of sp³-hybridized carbons (Fsp3) is 0.471. The van der Waals surface area contributed by atoms with Crippen LogP contribution in [0.5, 0.6) is 0 Å². The summed E-state index contributed by atoms with van der Waals surface area (Å²) in [5.41, 5.74) is 2.80. The summed E-state index contributed by atoms with van der Waals surface area (Å²) < 4.78 is 0. The van der Waals surface area contributed by atoms with Crippen LogP contribution in [0.15, 0.2) is 29.1 Å². The van der Waals surface area contributed by atoms with Crippen LogP contribution in [0.1, 0.15) is 11.1 Å². The molecular formula is C17H23N3O2. The summed E-state index contributed by atoms with van der Waals surface area (Å²) in [6.45, 7) is 5.42. The van der Waals surface area contributed by atoms with Crippen LogP contribution in [0, 0.1) is 6.92 Å². The third kappa shape index (κ3) is 3.06. The van der Waals surface area contributed by atoms with Crippen LogP contribution in [0.3, 0.4) is 0 Å². The van der Waals surface area contributed by atoms with E-state index >= 15 is 0 Å². The average molecular weight is 301 g/mol. The lowest BCUT2D eigenvalue weighted by Crippen LogP contribution is -2.52. The van der Waals surface area contributed by atoms with Gasteiger partial charge in [-0.25, -0.2) is 0 Å². The first kappa shape index (κ1) is 15.2. The molecule has 3 rings (SSSR count). The molecule has 0 bridgehead atoms. The number of H-pyrrole nitrogens is 1. The number of aryl methyl sites for hydroxylation is 1. The number of nitrogens with one attached hydrogen (secondary N) is 1. The summed E-state index contributed by atoms with van der Waals surface area (Å²) in [7, 11) is 2.03. The van der Waals surface area contributed by atoms with Crippen molar-refractivity contribution in [2.75, 3.05) is 33.3 Å². The van der Waals surface area contributed by atoms with E-state index in [4.69, 9.17) is 0 Å². The molecule has 1 aromatic heterocycles. The fourth-order valence-corrected chi connectivity index (χ4v) is 3.07. The fourth-order valence-electron chi connectivity index (χ4n) is 3.07. The molecular weight excluding hydrogens is 278 g/mol. The van der Waals surface area contributed by atoms with Crippen LogP contribution in [0.2, 0.25) is 0 Å². The second kappa shape index (κ2) is 6.20. The van der Waals surface area contributed by atoms with Crippen molar-refractivity contribution in [3.63, 3.8) is 0 Å². The van der Waals surface area contributed by atoms with Gasteiger partial charge in [-0.15, -0.1) is 0 Å². The van der Waals surface area contributed by atoms with Crippen LogP contribution in [-0.4, -0.2) is 59.2 Å². The number of aromatic amines is 1. The van der Waals surface area contributed by atoms with Crippen molar-refractivity contribution >= 4 is 10.9 Å². The lowest BCUT2D eigenvalue weighted by Gasteiger charge is -2.38. The lowest BCUT2D eigenvalue weighted by molar-refractivity contribution is 0.0538. The number of rotatable bonds is 3. The summed E-state index contributed by atoms with van der Waals surface area (Å²) in [5.74, 6) is 0. The van der Waals surface area contributed by atoms with E-state index in [1.807, 2.05) is 32.2 Å². The monoisotopic (exact) mass is 301 g/mol. The molecule has 0 spiro atoms. The largest absolute Gasteiger partial charge is 0.395 e. The molecule has 1 aliphatic heterocycles. The number of benzene rings is 1. The minimum Gasteiger partial charge on any atom is -0.395 e. The van der Waals surface area contributed by atoms with Gasteiger partial charge >= 0.3 is 0 Å². The first-order valence-electron chi connectivity index (χ1n) is 7.73. The van der Waals surface area contributed by atoms with Crippen LogP contribution < -0.4 is 5.56 Å². The minimum atomic E-state index is -0.0161. The number of piperazine rings is 1. The Morgan fingerprint density at radius 1 is 1.32 bits per heavy atom. The van der Waals surface area contributed by atoms with Crippen LogP contribution in [-0.2, 0) is 6.54 Å². The van der Waals surface area contributed by atoms with Crippen LogP contribution in [0.4, 0.5) is 0 Å². The molecule has 0 amide bonds. The Labute approximate surface area is 130 Å². The van der Waals surface area contributed by atoms with E-state index in [1.165, 1.54) is 0 Å². The van der Waals surface area contributed by atoms with Gasteiger partial charge < -0.3 is 10.1 Å². The predicted octanol–water partition coefficient (Wildman–Crippen LogP) is 0.945. The number of aromatic nitrogens is 1. The van der Waals surface area contributed by atoms with Crippen molar-refractivity contribution < 1.29 is 5.11 Å². The molecule has 2 N–H and O–H groups in total. The van der Waals surface area contributed by atoms with Gasteiger partial charge in [-0.2, -0.15) is 0 Å². The average Bonchev–Trinajstić information content (AvgIpc) is 2.50. The second-order valence-corrected chi connectivity index (χ2v) is 6.27. The van der Waals surface area contributed by atoms with Crippen molar-refractivity contribution in [3.8, 4) is 0 Å². The van der Waals surface area contributed by atoms with Gasteiger partial charge in [0.05, 0.1) is 6.61 Å². The van der Waals surface area contributed by atoms with Gasteiger partial charge in [0.1, 0.15) is 0 Å². The SMILES string of the molecule is Cc1ccc2cc(CN3CCN(C)[C@@H](CO)C3)c(=O)[nH]c2c1. The Morgan fingerprint density at radius 3 is 2.91 bits per heavy atom. The van der Waals surface area contributed by atoms with Crippen molar-refractivity contribution in [2.45, 2.75) is 19.5 Å². The third-order valence-corrected chi connectivity index (χ3v) is 4.54. The molecule has 0 aliphatic carbocycles. The molecule has 0 saturated carbocycles. The van der Waals surface area contributed by atoms with Crippen molar-refractivity contribution in [2.24, 2.45) is 0 Å². The van der Waals surface area contributed by atoms with E-state index in [2.05, 4.69) is 20.9 Å². The second-order valence-electron chi connectivity index (χ2n) is 6.27. The standard InChI is InChI=1S/C17H23N3O2/c1-12-3-4-13-8-14(17(22)18-16(13)7-12)9-20-6-5-19(2)15(10-20)11-21/h3-4,7-8,15,21H,5-6,9-11H2,1-2H3,(H,18,22)/t15-/m1/s1. The van der Waals surface area contributed by atoms with Gasteiger partial charge in [-0.05, 0) is 37.1 Å². The van der Waals surface area contributed by atoms with E-state index in [0.29, 0.717) is 6.54 Å². The molecule has 5 heteroatoms. The number of fused-ring (bicyclic) bond motifs is 1. The molecule has 2 aromatic rings. The quantitative estimate of drug-likeness (QED) is 0.886. The number of likely N-dealkylation sites (N-methyl/N-ethyl adjacent to an activating group) is 1. The highest BCUT2D eigenvalue weighted by Gasteiger charge is 2.24. The van der Waals surface area contributed by atoms with E-state index in [-0.39, 0.29) is 18.2 Å². The highest BCUT2D eigenvalue weighted by molar-refractivity contribution is 5.79. The minimum absolute atomic E-state index is 0.0161. The Hall–Kier alpha value is -1.69. The summed E-state index contributed by atoms with van der Waals surface area (Å²) >= 11 is 0. The smallest absolute Gasteiger partial charge is 0.252 e. The third-order valence-electron chi connectivity index (χ3n) is 4.54. The van der Waals surface area contributed by atoms with Gasteiger partial charge in [0.2, 0.25) is 0 Å². The predicted molar refractivity (Wildman–Crippen MR) is 88.1 cm³/mol. The Balaban J connectivity index is 1.83. The van der Waals surface area contributed by atoms with Gasteiger partial charge in [0.15, 0.2) is 0 Å². The first-order chi connectivity index (χ1) is 10.6. The molecule has 118 valence electrons. The van der Waals surface area contributed by atoms with Crippen LogP contribution in [0.25, 0.3) is 10.9 Å². The maximum atomic E-state index is 12.3. The van der Waals surface area contributed by atoms with Gasteiger partial charge in [0.25, 0.3) is 5.56 Å². The number of aliphatic hydroxyl groups is 1. The number of nitrogens with zero attached hydrogens (tertiary/aromatic N) is 2. The molecule has 1 saturated heterocycles. The molecule has 5 nitrogen and oxygen atoms in total. The van der Waals surface area contributed by atoms with Crippen LogP contribution >= 0.6 is 0 Å². The number of aliphatic hydroxyl groups excluding tert-OH is 1. The summed E-state index contributed by atoms with van der Waals surface area (Å²) in [4.78, 5) is 19.7. The topological polar surface area (TPSA) is 59.6 Å². The van der Waals surface area contributed by atoms with E-state index < -0.39 is 0 Å². The van der Waals surface area contributed by atoms with Crippen molar-refractivity contribution in [1.82, 2.24) is 14.8 Å². The highest BCUT2D eigenvalue weighted by Crippen LogP contribution is 2.15. The molecule has 1 aliphatic rings. The van der Waals surface area contributed by atoms with E-state index in [1.54, 1.807) is 0 Å². The van der Waals surface area contributed by atoms with E-state index in [9.17, 15) is 9.90 Å². The molecule has 2 heterocycles. The molecule has 1 fully saturated rings. The van der Waals surface area contributed by atoms with Crippen molar-refractivity contribution in [1.29, 1.82) is 0 Å². The highest BCUT2D eigenvalue weighted by atomic mass is 16.3. The molecule has 0 unspecified atom stereocenters. The molecule has 22 heavy (non-hydrogen) atoms. The zero-order chi connectivity index (χ0) is 15.7. The normalized spacial score (nSPS) is 20.6. The summed E-state index contributed by atoms with van der Waals surface area (Å²) in [6, 6.07) is 8.24. The van der Waals surface area contributed by atoms with E-state index in [0.717, 1.165) is 41.7 Å². The lowest BCUT2D eigenvalue weighted by atomic mass is 10.1. The van der Waals surface area contributed by atoms with Crippen molar-refractivity contribution in [3.05, 3.63) is 45.7 Å². The number of pyridine rings is 1. The molecule has 1 aromatic carbocycles. The molecule has 0 radical (unpaired) electrons. The summed E-state index contributed by atoms with van der Waals surface area (Å²) in [5, 5.41) is 10.5. The Morgan fingerprint density at radius 2 is 2.14 bits per heavy atom. The summed E-state index contributed by atoms with van der Waals surface area (Å²) in [6.07, 6.45) is 0. The maximum Gasteiger partial charge on any atom is 0.252 e. The van der Waals surface area contributed by atoms with Gasteiger partial charge in [-0.3, -0.25) is 14.6 Å². The maximum absolute atomic E-state index is 12.3. The van der Waals surface area contributed by atoms with Gasteiger partial charge in [0, 0.05) is 43.3 Å². The first-order valence-corrected chi connectivity index (χ1v) is 7.73. The number of hydrogen-bond acceptors (Lipinski definition) is 4. The molecule has 1 atom stereocenters. The number of hydrogen-bond donors (Lipinski definition) is 2. The Bertz CT molecular complexity index is 725. The Kier molecular flexibility index (Phi) is 4.29. The zero-order valence-electron chi connectivity index (χ0n) is 13.2.